The molecule has 0 aliphatic heterocycles. The van der Waals surface area contributed by atoms with Gasteiger partial charge in [0.05, 0.1) is 0 Å². The zero-order valence-electron chi connectivity index (χ0n) is 11.0. The number of benzene rings is 2. The summed E-state index contributed by atoms with van der Waals surface area (Å²) < 4.78 is 0. The second-order valence-corrected chi connectivity index (χ2v) is 4.72. The highest BCUT2D eigenvalue weighted by Gasteiger charge is 1.94. The van der Waals surface area contributed by atoms with Gasteiger partial charge in [0, 0.05) is 0 Å². The zero-order chi connectivity index (χ0) is 12.6. The molecule has 94 valence electrons. The summed E-state index contributed by atoms with van der Waals surface area (Å²) in [5.41, 5.74) is 4.17. The predicted octanol–water partition coefficient (Wildman–Crippen LogP) is 3.37. The number of aryl methyl sites for hydroxylation is 1. The molecule has 1 heteroatoms. The van der Waals surface area contributed by atoms with E-state index in [0.717, 1.165) is 25.9 Å². The summed E-state index contributed by atoms with van der Waals surface area (Å²) in [6.45, 7) is 4.25. The van der Waals surface area contributed by atoms with Crippen molar-refractivity contribution >= 4 is 0 Å². The first-order valence-corrected chi connectivity index (χ1v) is 6.65. The number of nitrogens with one attached hydrogen (secondary N) is 1. The molecule has 0 aliphatic rings. The molecule has 0 unspecified atom stereocenters. The molecule has 2 rings (SSSR count). The normalized spacial score (nSPS) is 10.5. The first-order valence-electron chi connectivity index (χ1n) is 6.65. The van der Waals surface area contributed by atoms with Crippen molar-refractivity contribution in [3.05, 3.63) is 71.3 Å². The van der Waals surface area contributed by atoms with E-state index in [2.05, 4.69) is 66.8 Å². The quantitative estimate of drug-likeness (QED) is 0.762. The highest BCUT2D eigenvalue weighted by atomic mass is 14.8. The van der Waals surface area contributed by atoms with Gasteiger partial charge in [0.2, 0.25) is 0 Å². The topological polar surface area (TPSA) is 12.0 Å². The van der Waals surface area contributed by atoms with Gasteiger partial charge < -0.3 is 5.32 Å². The van der Waals surface area contributed by atoms with Gasteiger partial charge >= 0.3 is 0 Å². The molecular formula is C17H21N. The number of rotatable bonds is 6. The van der Waals surface area contributed by atoms with E-state index in [4.69, 9.17) is 0 Å². The Hall–Kier alpha value is -1.60. The van der Waals surface area contributed by atoms with Crippen LogP contribution in [0.4, 0.5) is 0 Å². The van der Waals surface area contributed by atoms with Crippen LogP contribution in [0.2, 0.25) is 0 Å². The molecule has 2 aromatic carbocycles. The molecule has 18 heavy (non-hydrogen) atoms. The van der Waals surface area contributed by atoms with E-state index in [9.17, 15) is 0 Å². The molecule has 0 saturated carbocycles. The molecule has 0 atom stereocenters. The van der Waals surface area contributed by atoms with Crippen molar-refractivity contribution in [2.75, 3.05) is 13.1 Å². The van der Waals surface area contributed by atoms with E-state index >= 15 is 0 Å². The van der Waals surface area contributed by atoms with Crippen molar-refractivity contribution in [3.63, 3.8) is 0 Å². The van der Waals surface area contributed by atoms with Gasteiger partial charge in [0.15, 0.2) is 0 Å². The van der Waals surface area contributed by atoms with Crippen LogP contribution in [0.3, 0.4) is 0 Å². The van der Waals surface area contributed by atoms with Crippen LogP contribution < -0.4 is 5.32 Å². The molecule has 0 saturated heterocycles. The number of hydrogen-bond donors (Lipinski definition) is 1. The van der Waals surface area contributed by atoms with E-state index in [-0.39, 0.29) is 0 Å². The second-order valence-electron chi connectivity index (χ2n) is 4.72. The van der Waals surface area contributed by atoms with Gasteiger partial charge in [0.25, 0.3) is 0 Å². The lowest BCUT2D eigenvalue weighted by atomic mass is 10.1. The summed E-state index contributed by atoms with van der Waals surface area (Å²) in [5.74, 6) is 0. The second kappa shape index (κ2) is 6.97. The van der Waals surface area contributed by atoms with Crippen LogP contribution in [-0.2, 0) is 12.8 Å². The Kier molecular flexibility index (Phi) is 4.98. The van der Waals surface area contributed by atoms with Crippen LogP contribution in [0.1, 0.15) is 16.7 Å². The van der Waals surface area contributed by atoms with Crippen LogP contribution >= 0.6 is 0 Å². The van der Waals surface area contributed by atoms with Crippen LogP contribution in [0.25, 0.3) is 0 Å². The van der Waals surface area contributed by atoms with Crippen molar-refractivity contribution in [1.29, 1.82) is 0 Å². The minimum absolute atomic E-state index is 1.05. The lowest BCUT2D eigenvalue weighted by Gasteiger charge is -2.05. The zero-order valence-corrected chi connectivity index (χ0v) is 11.0. The average Bonchev–Trinajstić information content (AvgIpc) is 2.40. The first-order chi connectivity index (χ1) is 8.84. The maximum Gasteiger partial charge on any atom is -0.000822 e. The molecule has 2 aromatic rings. The Labute approximate surface area is 110 Å². The summed E-state index contributed by atoms with van der Waals surface area (Å²) >= 11 is 0. The largest absolute Gasteiger partial charge is 0.316 e. The molecule has 0 fully saturated rings. The third kappa shape index (κ3) is 4.34. The highest BCUT2D eigenvalue weighted by Crippen LogP contribution is 2.04. The van der Waals surface area contributed by atoms with E-state index < -0.39 is 0 Å². The van der Waals surface area contributed by atoms with Gasteiger partial charge in [-0.2, -0.15) is 0 Å². The van der Waals surface area contributed by atoms with E-state index in [0.29, 0.717) is 0 Å². The predicted molar refractivity (Wildman–Crippen MR) is 77.9 cm³/mol. The third-order valence-corrected chi connectivity index (χ3v) is 3.11. The van der Waals surface area contributed by atoms with Gasteiger partial charge in [-0.05, 0) is 44.0 Å². The lowest BCUT2D eigenvalue weighted by Crippen LogP contribution is -2.20. The molecule has 0 radical (unpaired) electrons. The van der Waals surface area contributed by atoms with Gasteiger partial charge in [-0.25, -0.2) is 0 Å². The Morgan fingerprint density at radius 1 is 0.778 bits per heavy atom. The van der Waals surface area contributed by atoms with E-state index in [1.54, 1.807) is 0 Å². The summed E-state index contributed by atoms with van der Waals surface area (Å²) in [6, 6.07) is 19.4. The monoisotopic (exact) mass is 239 g/mol. The third-order valence-electron chi connectivity index (χ3n) is 3.11. The van der Waals surface area contributed by atoms with Crippen molar-refractivity contribution < 1.29 is 0 Å². The van der Waals surface area contributed by atoms with Gasteiger partial charge in [-0.15, -0.1) is 0 Å². The fourth-order valence-electron chi connectivity index (χ4n) is 2.10. The number of hydrogen-bond acceptors (Lipinski definition) is 1. The molecule has 1 N–H and O–H groups in total. The Morgan fingerprint density at radius 3 is 2.17 bits per heavy atom. The molecule has 0 heterocycles. The summed E-state index contributed by atoms with van der Waals surface area (Å²) in [7, 11) is 0. The van der Waals surface area contributed by atoms with Gasteiger partial charge in [-0.3, -0.25) is 0 Å². The molecule has 0 aliphatic carbocycles. The molecule has 0 bridgehead atoms. The maximum atomic E-state index is 3.50. The molecule has 0 aromatic heterocycles. The first kappa shape index (κ1) is 12.8. The van der Waals surface area contributed by atoms with Crippen molar-refractivity contribution in [3.8, 4) is 0 Å². The van der Waals surface area contributed by atoms with Crippen molar-refractivity contribution in [2.24, 2.45) is 0 Å². The Balaban J connectivity index is 1.65. The smallest absolute Gasteiger partial charge is 0.000822 e. The summed E-state index contributed by atoms with van der Waals surface area (Å²) in [5, 5.41) is 3.50. The maximum absolute atomic E-state index is 3.50. The van der Waals surface area contributed by atoms with E-state index in [1.165, 1.54) is 16.7 Å². The lowest BCUT2D eigenvalue weighted by molar-refractivity contribution is 0.681. The van der Waals surface area contributed by atoms with Crippen LogP contribution in [0, 0.1) is 6.92 Å². The van der Waals surface area contributed by atoms with Crippen LogP contribution in [-0.4, -0.2) is 13.1 Å². The highest BCUT2D eigenvalue weighted by molar-refractivity contribution is 5.22. The minimum atomic E-state index is 1.05. The van der Waals surface area contributed by atoms with Gasteiger partial charge in [-0.1, -0.05) is 60.2 Å². The Morgan fingerprint density at radius 2 is 1.44 bits per heavy atom. The van der Waals surface area contributed by atoms with Gasteiger partial charge in [0.1, 0.15) is 0 Å². The molecular weight excluding hydrogens is 218 g/mol. The molecule has 0 spiro atoms. The average molecular weight is 239 g/mol. The van der Waals surface area contributed by atoms with Crippen LogP contribution in [0.15, 0.2) is 54.6 Å². The van der Waals surface area contributed by atoms with E-state index in [1.807, 2.05) is 0 Å². The fraction of sp³-hybridized carbons (Fsp3) is 0.294. The van der Waals surface area contributed by atoms with Crippen molar-refractivity contribution in [1.82, 2.24) is 5.32 Å². The van der Waals surface area contributed by atoms with Crippen molar-refractivity contribution in [2.45, 2.75) is 19.8 Å². The fourth-order valence-corrected chi connectivity index (χ4v) is 2.10. The summed E-state index contributed by atoms with van der Waals surface area (Å²) in [6.07, 6.45) is 2.21. The molecule has 0 amide bonds. The standard InChI is InChI=1S/C17H21N/c1-15-6-5-9-17(14-15)11-13-18-12-10-16-7-3-2-4-8-16/h2-9,14,18H,10-13H2,1H3. The molecule has 1 nitrogen and oxygen atoms in total. The summed E-state index contributed by atoms with van der Waals surface area (Å²) in [4.78, 5) is 0. The van der Waals surface area contributed by atoms with Crippen LogP contribution in [0.5, 0.6) is 0 Å². The SMILES string of the molecule is Cc1cccc(CCNCCc2ccccc2)c1. The Bertz CT molecular complexity index is 462. The minimum Gasteiger partial charge on any atom is -0.316 e.